The highest BCUT2D eigenvalue weighted by Gasteiger charge is 2.27. The van der Waals surface area contributed by atoms with E-state index in [1.807, 2.05) is 26.8 Å². The Kier molecular flexibility index (Phi) is 5.65. The fourth-order valence-corrected chi connectivity index (χ4v) is 3.97. The largest absolute Gasteiger partial charge is 0.354 e. The number of hydrogen-bond donors (Lipinski definition) is 1. The summed E-state index contributed by atoms with van der Waals surface area (Å²) < 4.78 is 0. The second kappa shape index (κ2) is 7.80. The highest BCUT2D eigenvalue weighted by Crippen LogP contribution is 2.29. The van der Waals surface area contributed by atoms with Crippen LogP contribution in [0.5, 0.6) is 0 Å². The first kappa shape index (κ1) is 19.5. The van der Waals surface area contributed by atoms with Gasteiger partial charge in [0.25, 0.3) is 5.91 Å². The Morgan fingerprint density at radius 2 is 2.07 bits per heavy atom. The number of allylic oxidation sites excluding steroid dienone is 3. The van der Waals surface area contributed by atoms with Gasteiger partial charge in [-0.05, 0) is 57.7 Å². The highest BCUT2D eigenvalue weighted by atomic mass is 35.5. The van der Waals surface area contributed by atoms with Crippen LogP contribution >= 0.6 is 11.6 Å². The summed E-state index contributed by atoms with van der Waals surface area (Å²) in [7, 11) is 0. The smallest absolute Gasteiger partial charge is 0.270 e. The fourth-order valence-electron chi connectivity index (χ4n) is 3.80. The van der Waals surface area contributed by atoms with E-state index in [9.17, 15) is 9.59 Å². The maximum atomic E-state index is 12.8. The topological polar surface area (TPSA) is 75.2 Å². The first-order valence-corrected chi connectivity index (χ1v) is 9.64. The summed E-state index contributed by atoms with van der Waals surface area (Å²) in [6.07, 6.45) is 4.57. The number of amides is 1. The van der Waals surface area contributed by atoms with E-state index < -0.39 is 0 Å². The lowest BCUT2D eigenvalue weighted by atomic mass is 9.92. The minimum atomic E-state index is -0.343. The van der Waals surface area contributed by atoms with Crippen LogP contribution in [0, 0.1) is 6.92 Å². The van der Waals surface area contributed by atoms with E-state index in [-0.39, 0.29) is 29.2 Å². The molecule has 1 aliphatic carbocycles. The molecule has 6 nitrogen and oxygen atoms in total. The normalized spacial score (nSPS) is 20.2. The molecule has 2 heterocycles. The number of carbonyl (C=O) groups is 2. The van der Waals surface area contributed by atoms with Gasteiger partial charge in [-0.25, -0.2) is 9.97 Å². The van der Waals surface area contributed by atoms with Crippen molar-refractivity contribution in [1.29, 1.82) is 0 Å². The van der Waals surface area contributed by atoms with Gasteiger partial charge in [0.05, 0.1) is 0 Å². The van der Waals surface area contributed by atoms with Crippen LogP contribution in [0.1, 0.15) is 56.1 Å². The number of hydrogen-bond acceptors (Lipinski definition) is 5. The molecule has 3 rings (SSSR count). The third kappa shape index (κ3) is 4.05. The van der Waals surface area contributed by atoms with Gasteiger partial charge in [0, 0.05) is 36.7 Å². The van der Waals surface area contributed by atoms with Gasteiger partial charge in [0.15, 0.2) is 5.78 Å². The minimum absolute atomic E-state index is 0.0526. The molecule has 0 saturated carbocycles. The van der Waals surface area contributed by atoms with Gasteiger partial charge in [-0.2, -0.15) is 0 Å². The lowest BCUT2D eigenvalue weighted by Gasteiger charge is -2.25. The molecule has 1 amide bonds. The lowest BCUT2D eigenvalue weighted by molar-refractivity contribution is -0.115. The quantitative estimate of drug-likeness (QED) is 0.800. The molecule has 0 unspecified atom stereocenters. The van der Waals surface area contributed by atoms with Gasteiger partial charge in [-0.3, -0.25) is 9.59 Å². The average molecular weight is 389 g/mol. The van der Waals surface area contributed by atoms with Crippen molar-refractivity contribution in [3.63, 3.8) is 0 Å². The number of ketones is 1. The van der Waals surface area contributed by atoms with Crippen molar-refractivity contribution in [3.8, 4) is 0 Å². The molecule has 2 aliphatic rings. The molecular weight excluding hydrogens is 364 g/mol. The molecular formula is C20H25ClN4O2. The maximum absolute atomic E-state index is 12.8. The molecule has 0 radical (unpaired) electrons. The fraction of sp³-hybridized carbons (Fsp3) is 0.500. The second-order valence-electron chi connectivity index (χ2n) is 7.41. The predicted octanol–water partition coefficient (Wildman–Crippen LogP) is 3.39. The van der Waals surface area contributed by atoms with E-state index in [0.29, 0.717) is 29.4 Å². The Morgan fingerprint density at radius 3 is 2.70 bits per heavy atom. The maximum Gasteiger partial charge on any atom is 0.270 e. The van der Waals surface area contributed by atoms with Crippen molar-refractivity contribution in [2.45, 2.75) is 53.0 Å². The Balaban J connectivity index is 1.82. The first-order valence-electron chi connectivity index (χ1n) is 9.27. The zero-order valence-electron chi connectivity index (χ0n) is 16.2. The number of anilines is 1. The Bertz CT molecular complexity index is 860. The third-order valence-corrected chi connectivity index (χ3v) is 5.44. The summed E-state index contributed by atoms with van der Waals surface area (Å²) in [5.74, 6) is 0.425. The average Bonchev–Trinajstić information content (AvgIpc) is 3.01. The van der Waals surface area contributed by atoms with E-state index in [1.54, 1.807) is 0 Å². The zero-order valence-corrected chi connectivity index (χ0v) is 17.0. The van der Waals surface area contributed by atoms with Crippen molar-refractivity contribution >= 4 is 29.1 Å². The minimum Gasteiger partial charge on any atom is -0.354 e. The molecule has 0 bridgehead atoms. The molecule has 27 heavy (non-hydrogen) atoms. The number of halogens is 1. The summed E-state index contributed by atoms with van der Waals surface area (Å²) in [5, 5.41) is 2.88. The van der Waals surface area contributed by atoms with E-state index in [1.165, 1.54) is 0 Å². The molecule has 1 aromatic heterocycles. The summed E-state index contributed by atoms with van der Waals surface area (Å²) in [6.45, 7) is 8.88. The van der Waals surface area contributed by atoms with E-state index in [4.69, 9.17) is 11.6 Å². The summed E-state index contributed by atoms with van der Waals surface area (Å²) in [4.78, 5) is 35.7. The SMILES string of the molecule is CC1=CC(C)=C(CNC(=O)c2nc(Cl)nc(N3CCC[C@@H]3C)c2C)C(=O)C1. The van der Waals surface area contributed by atoms with E-state index in [0.717, 1.165) is 30.5 Å². The van der Waals surface area contributed by atoms with Gasteiger partial charge in [-0.1, -0.05) is 11.6 Å². The molecule has 0 aromatic carbocycles. The van der Waals surface area contributed by atoms with Crippen LogP contribution in [0.3, 0.4) is 0 Å². The van der Waals surface area contributed by atoms with Gasteiger partial charge in [-0.15, -0.1) is 0 Å². The van der Waals surface area contributed by atoms with Crippen molar-refractivity contribution < 1.29 is 9.59 Å². The first-order chi connectivity index (χ1) is 12.8. The molecule has 1 N–H and O–H groups in total. The van der Waals surface area contributed by atoms with E-state index in [2.05, 4.69) is 27.1 Å². The monoisotopic (exact) mass is 388 g/mol. The molecule has 1 fully saturated rings. The standard InChI is InChI=1S/C20H25ClN4O2/c1-11-8-12(2)15(16(26)9-11)10-22-19(27)17-14(4)18(24-20(21)23-17)25-7-5-6-13(25)3/h8,13H,5-7,9-10H2,1-4H3,(H,22,27)/t13-/m0/s1. The van der Waals surface area contributed by atoms with Crippen LogP contribution in [0.25, 0.3) is 0 Å². The van der Waals surface area contributed by atoms with Gasteiger partial charge < -0.3 is 10.2 Å². The molecule has 1 saturated heterocycles. The van der Waals surface area contributed by atoms with Gasteiger partial charge in [0.1, 0.15) is 11.5 Å². The second-order valence-corrected chi connectivity index (χ2v) is 7.75. The Morgan fingerprint density at radius 1 is 1.33 bits per heavy atom. The van der Waals surface area contributed by atoms with Crippen molar-refractivity contribution in [2.75, 3.05) is 18.0 Å². The van der Waals surface area contributed by atoms with Crippen LogP contribution in [0.2, 0.25) is 5.28 Å². The van der Waals surface area contributed by atoms with Gasteiger partial charge >= 0.3 is 0 Å². The molecule has 0 spiro atoms. The summed E-state index contributed by atoms with van der Waals surface area (Å²) in [6, 6.07) is 0.355. The number of carbonyl (C=O) groups excluding carboxylic acids is 2. The van der Waals surface area contributed by atoms with Crippen LogP contribution in [-0.4, -0.2) is 40.8 Å². The molecule has 1 aliphatic heterocycles. The number of Topliss-reactive ketones (excluding diaryl/α,β-unsaturated/α-hetero) is 1. The molecule has 1 atom stereocenters. The summed E-state index contributed by atoms with van der Waals surface area (Å²) in [5.41, 5.74) is 3.54. The van der Waals surface area contributed by atoms with E-state index >= 15 is 0 Å². The zero-order chi connectivity index (χ0) is 19.7. The number of nitrogens with zero attached hydrogens (tertiary/aromatic N) is 3. The Hall–Kier alpha value is -2.21. The Labute approximate surface area is 164 Å². The predicted molar refractivity (Wildman–Crippen MR) is 106 cm³/mol. The number of nitrogens with one attached hydrogen (secondary N) is 1. The van der Waals surface area contributed by atoms with Crippen LogP contribution < -0.4 is 10.2 Å². The van der Waals surface area contributed by atoms with Crippen LogP contribution in [0.15, 0.2) is 22.8 Å². The van der Waals surface area contributed by atoms with Crippen molar-refractivity contribution in [1.82, 2.24) is 15.3 Å². The van der Waals surface area contributed by atoms with Crippen LogP contribution in [-0.2, 0) is 4.79 Å². The van der Waals surface area contributed by atoms with Crippen molar-refractivity contribution in [2.24, 2.45) is 0 Å². The molecule has 7 heteroatoms. The van der Waals surface area contributed by atoms with Crippen molar-refractivity contribution in [3.05, 3.63) is 39.3 Å². The van der Waals surface area contributed by atoms with Gasteiger partial charge in [0.2, 0.25) is 5.28 Å². The number of rotatable bonds is 4. The summed E-state index contributed by atoms with van der Waals surface area (Å²) >= 11 is 6.10. The third-order valence-electron chi connectivity index (χ3n) is 5.27. The molecule has 144 valence electrons. The molecule has 1 aromatic rings. The number of aromatic nitrogens is 2. The lowest BCUT2D eigenvalue weighted by Crippen LogP contribution is -2.32. The van der Waals surface area contributed by atoms with Crippen LogP contribution in [0.4, 0.5) is 5.82 Å². The highest BCUT2D eigenvalue weighted by molar-refractivity contribution is 6.28.